The Labute approximate surface area is 98.4 Å². The Morgan fingerprint density at radius 2 is 2.06 bits per heavy atom. The van der Waals surface area contributed by atoms with Gasteiger partial charge >= 0.3 is 0 Å². The van der Waals surface area contributed by atoms with Crippen LogP contribution in [-0.4, -0.2) is 19.1 Å². The maximum Gasteiger partial charge on any atom is 0.185 e. The highest BCUT2D eigenvalue weighted by molar-refractivity contribution is 7.18. The zero-order valence-corrected chi connectivity index (χ0v) is 10.3. The highest BCUT2D eigenvalue weighted by Crippen LogP contribution is 2.30. The van der Waals surface area contributed by atoms with E-state index in [-0.39, 0.29) is 5.82 Å². The normalized spacial score (nSPS) is 10.5. The van der Waals surface area contributed by atoms with Crippen LogP contribution in [0, 0.1) is 12.7 Å². The van der Waals surface area contributed by atoms with E-state index in [1.54, 1.807) is 24.3 Å². The predicted molar refractivity (Wildman–Crippen MR) is 66.6 cm³/mol. The molecule has 0 spiro atoms. The minimum atomic E-state index is -0.166. The summed E-state index contributed by atoms with van der Waals surface area (Å²) < 4.78 is 13.1. The summed E-state index contributed by atoms with van der Waals surface area (Å²) in [4.78, 5) is 7.32. The van der Waals surface area contributed by atoms with E-state index in [4.69, 9.17) is 0 Å². The van der Waals surface area contributed by atoms with Crippen LogP contribution in [0.5, 0.6) is 0 Å². The molecule has 2 nitrogen and oxygen atoms in total. The Bertz CT molecular complexity index is 505. The molecule has 2 aromatic rings. The molecule has 84 valence electrons. The molecule has 0 atom stereocenters. The maximum absolute atomic E-state index is 13.1. The summed E-state index contributed by atoms with van der Waals surface area (Å²) in [5.41, 5.74) is 1.68. The van der Waals surface area contributed by atoms with E-state index < -0.39 is 0 Å². The molecule has 0 N–H and O–H groups in total. The fourth-order valence-electron chi connectivity index (χ4n) is 1.40. The summed E-state index contributed by atoms with van der Waals surface area (Å²) >= 11 is 1.60. The van der Waals surface area contributed by atoms with Crippen LogP contribution in [-0.2, 0) is 0 Å². The number of hydrogen-bond acceptors (Lipinski definition) is 3. The van der Waals surface area contributed by atoms with Crippen LogP contribution < -0.4 is 4.90 Å². The Kier molecular flexibility index (Phi) is 2.92. The molecule has 0 saturated carbocycles. The molecule has 0 bridgehead atoms. The van der Waals surface area contributed by atoms with Gasteiger partial charge in [0.25, 0.3) is 0 Å². The second kappa shape index (κ2) is 4.22. The quantitative estimate of drug-likeness (QED) is 0.795. The minimum absolute atomic E-state index is 0.166. The van der Waals surface area contributed by atoms with Crippen molar-refractivity contribution in [3.8, 4) is 10.4 Å². The van der Waals surface area contributed by atoms with Gasteiger partial charge in [-0.25, -0.2) is 9.37 Å². The van der Waals surface area contributed by atoms with Gasteiger partial charge in [0.1, 0.15) is 5.82 Å². The first-order valence-corrected chi connectivity index (χ1v) is 5.79. The highest BCUT2D eigenvalue weighted by atomic mass is 32.1. The number of halogens is 1. The number of aryl methyl sites for hydroxylation is 1. The van der Waals surface area contributed by atoms with Gasteiger partial charge < -0.3 is 4.90 Å². The SMILES string of the molecule is Cc1cc(-c2cnc(N(C)C)s2)ccc1F. The average Bonchev–Trinajstić information content (AvgIpc) is 2.71. The Hall–Kier alpha value is -1.42. The van der Waals surface area contributed by atoms with Gasteiger partial charge in [-0.1, -0.05) is 17.4 Å². The Balaban J connectivity index is 2.39. The van der Waals surface area contributed by atoms with Crippen molar-refractivity contribution < 1.29 is 4.39 Å². The third-order valence-corrected chi connectivity index (χ3v) is 3.53. The molecule has 0 aliphatic carbocycles. The molecule has 4 heteroatoms. The van der Waals surface area contributed by atoms with Crippen molar-refractivity contribution in [2.24, 2.45) is 0 Å². The zero-order valence-electron chi connectivity index (χ0n) is 9.49. The third-order valence-electron chi connectivity index (χ3n) is 2.32. The van der Waals surface area contributed by atoms with Crippen LogP contribution in [0.3, 0.4) is 0 Å². The first-order chi connectivity index (χ1) is 7.58. The minimum Gasteiger partial charge on any atom is -0.354 e. The molecule has 2 rings (SSSR count). The molecule has 0 saturated heterocycles. The van der Waals surface area contributed by atoms with Crippen molar-refractivity contribution in [2.75, 3.05) is 19.0 Å². The topological polar surface area (TPSA) is 16.1 Å². The van der Waals surface area contributed by atoms with Crippen molar-refractivity contribution in [3.63, 3.8) is 0 Å². The van der Waals surface area contributed by atoms with Crippen molar-refractivity contribution in [2.45, 2.75) is 6.92 Å². The third kappa shape index (κ3) is 2.07. The first-order valence-electron chi connectivity index (χ1n) is 4.97. The molecule has 0 aliphatic heterocycles. The number of rotatable bonds is 2. The van der Waals surface area contributed by atoms with Gasteiger partial charge in [0.2, 0.25) is 0 Å². The number of benzene rings is 1. The van der Waals surface area contributed by atoms with Gasteiger partial charge in [0, 0.05) is 20.3 Å². The van der Waals surface area contributed by atoms with Crippen molar-refractivity contribution in [3.05, 3.63) is 35.8 Å². The van der Waals surface area contributed by atoms with Gasteiger partial charge in [-0.05, 0) is 30.2 Å². The molecule has 16 heavy (non-hydrogen) atoms. The summed E-state index contributed by atoms with van der Waals surface area (Å²) in [7, 11) is 3.91. The summed E-state index contributed by atoms with van der Waals surface area (Å²) in [5, 5.41) is 0.956. The smallest absolute Gasteiger partial charge is 0.185 e. The molecule has 0 unspecified atom stereocenters. The lowest BCUT2D eigenvalue weighted by Gasteiger charge is -2.05. The van der Waals surface area contributed by atoms with E-state index >= 15 is 0 Å². The molecule has 1 aromatic carbocycles. The van der Waals surface area contributed by atoms with Crippen LogP contribution >= 0.6 is 11.3 Å². The lowest BCUT2D eigenvalue weighted by molar-refractivity contribution is 0.619. The van der Waals surface area contributed by atoms with Gasteiger partial charge in [0.15, 0.2) is 5.13 Å². The van der Waals surface area contributed by atoms with E-state index in [9.17, 15) is 4.39 Å². The van der Waals surface area contributed by atoms with Crippen LogP contribution in [0.25, 0.3) is 10.4 Å². The van der Waals surface area contributed by atoms with Crippen LogP contribution in [0.2, 0.25) is 0 Å². The first kappa shape index (κ1) is 11.1. The maximum atomic E-state index is 13.1. The average molecular weight is 236 g/mol. The number of hydrogen-bond donors (Lipinski definition) is 0. The summed E-state index contributed by atoms with van der Waals surface area (Å²) in [6, 6.07) is 5.14. The Morgan fingerprint density at radius 1 is 1.31 bits per heavy atom. The van der Waals surface area contributed by atoms with Crippen molar-refractivity contribution in [1.82, 2.24) is 4.98 Å². The van der Waals surface area contributed by atoms with Gasteiger partial charge in [-0.2, -0.15) is 0 Å². The van der Waals surface area contributed by atoms with Crippen LogP contribution in [0.15, 0.2) is 24.4 Å². The fourth-order valence-corrected chi connectivity index (χ4v) is 2.24. The van der Waals surface area contributed by atoms with Crippen LogP contribution in [0.4, 0.5) is 9.52 Å². The molecule has 0 aliphatic rings. The van der Waals surface area contributed by atoms with Gasteiger partial charge in [-0.3, -0.25) is 0 Å². The zero-order chi connectivity index (χ0) is 11.7. The van der Waals surface area contributed by atoms with E-state index in [2.05, 4.69) is 4.98 Å². The van der Waals surface area contributed by atoms with Crippen LogP contribution in [0.1, 0.15) is 5.56 Å². The number of anilines is 1. The standard InChI is InChI=1S/C12H13FN2S/c1-8-6-9(4-5-10(8)13)11-7-14-12(16-11)15(2)3/h4-7H,1-3H3. The number of nitrogens with zero attached hydrogens (tertiary/aromatic N) is 2. The summed E-state index contributed by atoms with van der Waals surface area (Å²) in [6.07, 6.45) is 1.83. The molecule has 1 heterocycles. The second-order valence-corrected chi connectivity index (χ2v) is 4.87. The van der Waals surface area contributed by atoms with Crippen molar-refractivity contribution in [1.29, 1.82) is 0 Å². The largest absolute Gasteiger partial charge is 0.354 e. The Morgan fingerprint density at radius 3 is 2.62 bits per heavy atom. The summed E-state index contributed by atoms with van der Waals surface area (Å²) in [5.74, 6) is -0.166. The summed E-state index contributed by atoms with van der Waals surface area (Å²) in [6.45, 7) is 1.77. The monoisotopic (exact) mass is 236 g/mol. The molecule has 0 radical (unpaired) electrons. The molecule has 0 amide bonds. The molecular weight excluding hydrogens is 223 g/mol. The lowest BCUT2D eigenvalue weighted by Crippen LogP contribution is -2.07. The van der Waals surface area contributed by atoms with E-state index in [0.29, 0.717) is 5.56 Å². The second-order valence-electron chi connectivity index (χ2n) is 3.87. The number of aromatic nitrogens is 1. The van der Waals surface area contributed by atoms with E-state index in [1.807, 2.05) is 31.3 Å². The molecule has 1 aromatic heterocycles. The lowest BCUT2D eigenvalue weighted by atomic mass is 10.1. The molecular formula is C12H13FN2S. The molecule has 0 fully saturated rings. The fraction of sp³-hybridized carbons (Fsp3) is 0.250. The van der Waals surface area contributed by atoms with E-state index in [0.717, 1.165) is 15.6 Å². The van der Waals surface area contributed by atoms with Crippen molar-refractivity contribution >= 4 is 16.5 Å². The highest BCUT2D eigenvalue weighted by Gasteiger charge is 2.07. The van der Waals surface area contributed by atoms with E-state index in [1.165, 1.54) is 6.07 Å². The predicted octanol–water partition coefficient (Wildman–Crippen LogP) is 3.32. The van der Waals surface area contributed by atoms with Gasteiger partial charge in [-0.15, -0.1) is 0 Å². The van der Waals surface area contributed by atoms with Gasteiger partial charge in [0.05, 0.1) is 4.88 Å². The number of thiazole rings is 1.